The molecule has 3 fully saturated rings. The summed E-state index contributed by atoms with van der Waals surface area (Å²) in [6.07, 6.45) is 3.12. The van der Waals surface area contributed by atoms with E-state index in [0.29, 0.717) is 11.8 Å². The van der Waals surface area contributed by atoms with Crippen LogP contribution in [-0.4, -0.2) is 36.3 Å². The zero-order valence-electron chi connectivity index (χ0n) is 9.72. The minimum Gasteiger partial charge on any atom is -0.468 e. The number of hydrogen-bond donors (Lipinski definition) is 0. The summed E-state index contributed by atoms with van der Waals surface area (Å²) in [5, 5.41) is 0. The summed E-state index contributed by atoms with van der Waals surface area (Å²) in [5.41, 5.74) is 0. The van der Waals surface area contributed by atoms with Gasteiger partial charge >= 0.3 is 5.97 Å². The van der Waals surface area contributed by atoms with Crippen LogP contribution in [0, 0.1) is 23.7 Å². The van der Waals surface area contributed by atoms with Crippen LogP contribution in [0.25, 0.3) is 0 Å². The maximum absolute atomic E-state index is 12.1. The third-order valence-electron chi connectivity index (χ3n) is 4.53. The zero-order valence-corrected chi connectivity index (χ0v) is 9.72. The van der Waals surface area contributed by atoms with Gasteiger partial charge in [0.25, 0.3) is 0 Å². The Labute approximate surface area is 99.1 Å². The summed E-state index contributed by atoms with van der Waals surface area (Å²) >= 11 is 0. The second-order valence-electron chi connectivity index (χ2n) is 5.22. The second-order valence-corrected chi connectivity index (χ2v) is 5.22. The Hall–Kier alpha value is -1.39. The van der Waals surface area contributed by atoms with Gasteiger partial charge in [0.1, 0.15) is 6.54 Å². The summed E-state index contributed by atoms with van der Waals surface area (Å²) in [7, 11) is 1.26. The highest BCUT2D eigenvalue weighted by atomic mass is 16.5. The van der Waals surface area contributed by atoms with Crippen molar-refractivity contribution in [2.45, 2.75) is 19.3 Å². The molecule has 5 nitrogen and oxygen atoms in total. The smallest absolute Gasteiger partial charge is 0.325 e. The minimum atomic E-state index is -0.529. The lowest BCUT2D eigenvalue weighted by Crippen LogP contribution is -2.37. The number of rotatable bonds is 2. The quantitative estimate of drug-likeness (QED) is 0.508. The summed E-state index contributed by atoms with van der Waals surface area (Å²) in [6, 6.07) is 0. The maximum Gasteiger partial charge on any atom is 0.325 e. The summed E-state index contributed by atoms with van der Waals surface area (Å²) < 4.78 is 4.52. The van der Waals surface area contributed by atoms with E-state index in [4.69, 9.17) is 0 Å². The van der Waals surface area contributed by atoms with Gasteiger partial charge in [-0.2, -0.15) is 0 Å². The molecule has 0 spiro atoms. The number of fused-ring (bicyclic) bond motifs is 5. The largest absolute Gasteiger partial charge is 0.468 e. The Bertz CT molecular complexity index is 377. The van der Waals surface area contributed by atoms with Crippen LogP contribution >= 0.6 is 0 Å². The third-order valence-corrected chi connectivity index (χ3v) is 4.53. The van der Waals surface area contributed by atoms with Gasteiger partial charge in [-0.1, -0.05) is 0 Å². The second kappa shape index (κ2) is 3.55. The number of likely N-dealkylation sites (tertiary alicyclic amines) is 1. The summed E-state index contributed by atoms with van der Waals surface area (Å²) in [6.45, 7) is -0.222. The van der Waals surface area contributed by atoms with Gasteiger partial charge in [-0.3, -0.25) is 19.3 Å². The molecule has 2 aliphatic carbocycles. The van der Waals surface area contributed by atoms with Gasteiger partial charge in [0.05, 0.1) is 18.9 Å². The van der Waals surface area contributed by atoms with Crippen LogP contribution in [0.3, 0.4) is 0 Å². The van der Waals surface area contributed by atoms with Crippen molar-refractivity contribution in [2.24, 2.45) is 23.7 Å². The van der Waals surface area contributed by atoms with Crippen LogP contribution in [0.2, 0.25) is 0 Å². The van der Waals surface area contributed by atoms with Gasteiger partial charge in [0.2, 0.25) is 11.8 Å². The molecule has 2 amide bonds. The number of ether oxygens (including phenoxy) is 1. The van der Waals surface area contributed by atoms with Crippen molar-refractivity contribution in [3.8, 4) is 0 Å². The van der Waals surface area contributed by atoms with Crippen LogP contribution in [0.4, 0.5) is 0 Å². The van der Waals surface area contributed by atoms with Crippen molar-refractivity contribution in [2.75, 3.05) is 13.7 Å². The minimum absolute atomic E-state index is 0.147. The van der Waals surface area contributed by atoms with Gasteiger partial charge < -0.3 is 4.74 Å². The Balaban J connectivity index is 1.83. The fourth-order valence-electron chi connectivity index (χ4n) is 3.82. The molecule has 2 saturated carbocycles. The third kappa shape index (κ3) is 1.34. The first-order valence-corrected chi connectivity index (χ1v) is 6.05. The SMILES string of the molecule is COC(=O)CN1C(=O)[C@H]2[C@H]3CC[C@@H](C3)[C@@H]2C1=O. The molecule has 92 valence electrons. The van der Waals surface area contributed by atoms with Gasteiger partial charge in [0.15, 0.2) is 0 Å². The van der Waals surface area contributed by atoms with E-state index in [1.807, 2.05) is 0 Å². The normalized spacial score (nSPS) is 38.8. The summed E-state index contributed by atoms with van der Waals surface area (Å²) in [4.78, 5) is 36.6. The molecule has 1 saturated heterocycles. The molecule has 1 heterocycles. The van der Waals surface area contributed by atoms with Gasteiger partial charge in [-0.05, 0) is 31.1 Å². The number of amides is 2. The number of carbonyl (C=O) groups is 3. The molecule has 0 unspecified atom stereocenters. The molecule has 17 heavy (non-hydrogen) atoms. The predicted molar refractivity (Wildman–Crippen MR) is 56.5 cm³/mol. The fraction of sp³-hybridized carbons (Fsp3) is 0.750. The predicted octanol–water partition coefficient (Wildman–Crippen LogP) is 0.190. The number of nitrogens with zero attached hydrogens (tertiary/aromatic N) is 1. The Morgan fingerprint density at radius 2 is 1.76 bits per heavy atom. The lowest BCUT2D eigenvalue weighted by molar-refractivity contribution is -0.151. The average molecular weight is 237 g/mol. The molecule has 3 aliphatic rings. The lowest BCUT2D eigenvalue weighted by Gasteiger charge is -2.19. The fourth-order valence-corrected chi connectivity index (χ4v) is 3.82. The van der Waals surface area contributed by atoms with Crippen molar-refractivity contribution in [3.63, 3.8) is 0 Å². The molecular formula is C12H15NO4. The molecule has 5 heteroatoms. The van der Waals surface area contributed by atoms with E-state index >= 15 is 0 Å². The molecule has 4 atom stereocenters. The van der Waals surface area contributed by atoms with Gasteiger partial charge in [-0.15, -0.1) is 0 Å². The van der Waals surface area contributed by atoms with Crippen LogP contribution < -0.4 is 0 Å². The van der Waals surface area contributed by atoms with Crippen molar-refractivity contribution in [1.29, 1.82) is 0 Å². The van der Waals surface area contributed by atoms with Crippen LogP contribution in [0.15, 0.2) is 0 Å². The van der Waals surface area contributed by atoms with Crippen molar-refractivity contribution in [1.82, 2.24) is 4.90 Å². The van der Waals surface area contributed by atoms with E-state index in [2.05, 4.69) is 4.74 Å². The van der Waals surface area contributed by atoms with E-state index < -0.39 is 5.97 Å². The highest BCUT2D eigenvalue weighted by molar-refractivity contribution is 6.07. The number of esters is 1. The first-order chi connectivity index (χ1) is 8.13. The highest BCUT2D eigenvalue weighted by Gasteiger charge is 2.60. The van der Waals surface area contributed by atoms with Crippen LogP contribution in [0.1, 0.15) is 19.3 Å². The monoisotopic (exact) mass is 237 g/mol. The van der Waals surface area contributed by atoms with Crippen molar-refractivity contribution < 1.29 is 19.1 Å². The first kappa shape index (κ1) is 10.7. The number of hydrogen-bond acceptors (Lipinski definition) is 4. The maximum atomic E-state index is 12.1. The number of carbonyl (C=O) groups excluding carboxylic acids is 3. The summed E-state index contributed by atoms with van der Waals surface area (Å²) in [5.74, 6) is -0.403. The number of imide groups is 1. The number of methoxy groups -OCH3 is 1. The lowest BCUT2D eigenvalue weighted by atomic mass is 9.81. The van der Waals surface area contributed by atoms with Crippen LogP contribution in [0.5, 0.6) is 0 Å². The molecule has 2 bridgehead atoms. The Kier molecular flexibility index (Phi) is 2.24. The van der Waals surface area contributed by atoms with Gasteiger partial charge in [0, 0.05) is 0 Å². The molecule has 3 rings (SSSR count). The van der Waals surface area contributed by atoms with Crippen molar-refractivity contribution >= 4 is 17.8 Å². The van der Waals surface area contributed by atoms with E-state index in [1.165, 1.54) is 7.11 Å². The van der Waals surface area contributed by atoms with E-state index in [0.717, 1.165) is 24.2 Å². The standard InChI is InChI=1S/C12H15NO4/c1-17-8(14)5-13-11(15)9-6-2-3-7(4-6)10(9)12(13)16/h6-7,9-10H,2-5H2,1H3/t6-,7-,9-,10-/m0/s1. The molecule has 0 N–H and O–H groups in total. The Morgan fingerprint density at radius 1 is 1.24 bits per heavy atom. The van der Waals surface area contributed by atoms with Gasteiger partial charge in [-0.25, -0.2) is 0 Å². The molecule has 0 aromatic carbocycles. The highest BCUT2D eigenvalue weighted by Crippen LogP contribution is 2.55. The van der Waals surface area contributed by atoms with Crippen LogP contribution in [-0.2, 0) is 19.1 Å². The average Bonchev–Trinajstić information content (AvgIpc) is 2.98. The van der Waals surface area contributed by atoms with E-state index in [1.54, 1.807) is 0 Å². The molecule has 0 radical (unpaired) electrons. The topological polar surface area (TPSA) is 63.7 Å². The van der Waals surface area contributed by atoms with E-state index in [9.17, 15) is 14.4 Å². The first-order valence-electron chi connectivity index (χ1n) is 6.05. The molecule has 1 aliphatic heterocycles. The van der Waals surface area contributed by atoms with Crippen molar-refractivity contribution in [3.05, 3.63) is 0 Å². The molecule has 0 aromatic heterocycles. The molecular weight excluding hydrogens is 222 g/mol. The Morgan fingerprint density at radius 3 is 2.24 bits per heavy atom. The van der Waals surface area contributed by atoms with E-state index in [-0.39, 0.29) is 30.2 Å². The molecule has 0 aromatic rings. The zero-order chi connectivity index (χ0) is 12.2.